The third-order valence-corrected chi connectivity index (χ3v) is 2.59. The first-order valence-electron chi connectivity index (χ1n) is 5.32. The van der Waals surface area contributed by atoms with Gasteiger partial charge < -0.3 is 0 Å². The molecule has 0 spiro atoms. The zero-order valence-corrected chi connectivity index (χ0v) is 9.55. The lowest BCUT2D eigenvalue weighted by molar-refractivity contribution is -0.137. The molecule has 0 saturated carbocycles. The van der Waals surface area contributed by atoms with Crippen molar-refractivity contribution in [2.75, 3.05) is 0 Å². The van der Waals surface area contributed by atoms with Crippen LogP contribution >= 0.6 is 0 Å². The number of benzene rings is 2. The molecule has 0 fully saturated rings. The van der Waals surface area contributed by atoms with Crippen LogP contribution in [0.15, 0.2) is 42.5 Å². The molecule has 0 unspecified atom stereocenters. The van der Waals surface area contributed by atoms with E-state index in [1.807, 2.05) is 0 Å². The number of halogens is 4. The first-order valence-corrected chi connectivity index (χ1v) is 5.32. The first-order chi connectivity index (χ1) is 8.38. The smallest absolute Gasteiger partial charge is 0.206 e. The van der Waals surface area contributed by atoms with Crippen molar-refractivity contribution in [3.05, 3.63) is 59.4 Å². The Labute approximate surface area is 102 Å². The zero-order chi connectivity index (χ0) is 13.3. The third-order valence-electron chi connectivity index (χ3n) is 2.59. The molecule has 0 radical (unpaired) electrons. The van der Waals surface area contributed by atoms with E-state index in [2.05, 4.69) is 0 Å². The molecule has 0 aromatic heterocycles. The summed E-state index contributed by atoms with van der Waals surface area (Å²) in [6.45, 7) is 1.56. The zero-order valence-electron chi connectivity index (χ0n) is 9.55. The average Bonchev–Trinajstić information content (AvgIpc) is 2.27. The SMILES string of the molecule is Cc1cc(-c2ccccc2F)cc(C(F)(F)F)c1. The predicted molar refractivity (Wildman–Crippen MR) is 61.6 cm³/mol. The molecule has 0 bridgehead atoms. The Morgan fingerprint density at radius 3 is 2.22 bits per heavy atom. The van der Waals surface area contributed by atoms with Crippen molar-refractivity contribution < 1.29 is 17.6 Å². The van der Waals surface area contributed by atoms with Crippen molar-refractivity contribution in [1.29, 1.82) is 0 Å². The number of aryl methyl sites for hydroxylation is 1. The van der Waals surface area contributed by atoms with E-state index >= 15 is 0 Å². The van der Waals surface area contributed by atoms with Gasteiger partial charge in [-0.1, -0.05) is 24.3 Å². The highest BCUT2D eigenvalue weighted by atomic mass is 19.4. The molecular formula is C14H10F4. The van der Waals surface area contributed by atoms with E-state index in [9.17, 15) is 17.6 Å². The van der Waals surface area contributed by atoms with Gasteiger partial charge in [0.2, 0.25) is 0 Å². The Hall–Kier alpha value is -1.84. The molecule has 0 aliphatic carbocycles. The summed E-state index contributed by atoms with van der Waals surface area (Å²) in [4.78, 5) is 0. The Morgan fingerprint density at radius 2 is 1.61 bits per heavy atom. The van der Waals surface area contributed by atoms with Gasteiger partial charge in [0.1, 0.15) is 5.82 Å². The van der Waals surface area contributed by atoms with Crippen LogP contribution in [0, 0.1) is 12.7 Å². The van der Waals surface area contributed by atoms with Crippen LogP contribution in [0.5, 0.6) is 0 Å². The minimum Gasteiger partial charge on any atom is -0.206 e. The van der Waals surface area contributed by atoms with Crippen molar-refractivity contribution in [2.24, 2.45) is 0 Å². The molecule has 18 heavy (non-hydrogen) atoms. The van der Waals surface area contributed by atoms with Crippen LogP contribution in [-0.2, 0) is 6.18 Å². The molecule has 0 nitrogen and oxygen atoms in total. The molecule has 0 atom stereocenters. The maximum Gasteiger partial charge on any atom is 0.416 e. The monoisotopic (exact) mass is 254 g/mol. The quantitative estimate of drug-likeness (QED) is 0.640. The average molecular weight is 254 g/mol. The molecule has 4 heteroatoms. The van der Waals surface area contributed by atoms with Gasteiger partial charge in [0.05, 0.1) is 5.56 Å². The number of alkyl halides is 3. The van der Waals surface area contributed by atoms with Gasteiger partial charge in [0.25, 0.3) is 0 Å². The molecule has 2 rings (SSSR count). The molecule has 0 aliphatic rings. The van der Waals surface area contributed by atoms with E-state index in [-0.39, 0.29) is 11.1 Å². The Bertz CT molecular complexity index is 570. The Kier molecular flexibility index (Phi) is 3.11. The standard InChI is InChI=1S/C14H10F4/c1-9-6-10(8-11(7-9)14(16,17)18)12-4-2-3-5-13(12)15/h2-8H,1H3. The summed E-state index contributed by atoms with van der Waals surface area (Å²) in [5, 5.41) is 0. The predicted octanol–water partition coefficient (Wildman–Crippen LogP) is 4.82. The van der Waals surface area contributed by atoms with Gasteiger partial charge in [-0.3, -0.25) is 0 Å². The summed E-state index contributed by atoms with van der Waals surface area (Å²) in [7, 11) is 0. The van der Waals surface area contributed by atoms with Gasteiger partial charge in [-0.05, 0) is 36.2 Å². The summed E-state index contributed by atoms with van der Waals surface area (Å²) in [6, 6.07) is 9.33. The lowest BCUT2D eigenvalue weighted by atomic mass is 9.99. The second kappa shape index (κ2) is 4.44. The molecular weight excluding hydrogens is 244 g/mol. The third kappa shape index (κ3) is 2.53. The van der Waals surface area contributed by atoms with Crippen molar-refractivity contribution in [3.8, 4) is 11.1 Å². The molecule has 2 aromatic carbocycles. The minimum absolute atomic E-state index is 0.173. The van der Waals surface area contributed by atoms with Gasteiger partial charge in [0, 0.05) is 5.56 Å². The van der Waals surface area contributed by atoms with E-state index in [1.54, 1.807) is 13.0 Å². The molecule has 0 aliphatic heterocycles. The number of hydrogen-bond donors (Lipinski definition) is 0. The fourth-order valence-corrected chi connectivity index (χ4v) is 1.80. The van der Waals surface area contributed by atoms with E-state index in [0.29, 0.717) is 5.56 Å². The summed E-state index contributed by atoms with van der Waals surface area (Å²) >= 11 is 0. The van der Waals surface area contributed by atoms with Crippen LogP contribution in [-0.4, -0.2) is 0 Å². The maximum absolute atomic E-state index is 13.6. The lowest BCUT2D eigenvalue weighted by Gasteiger charge is -2.11. The van der Waals surface area contributed by atoms with Gasteiger partial charge in [-0.15, -0.1) is 0 Å². The fourth-order valence-electron chi connectivity index (χ4n) is 1.80. The number of hydrogen-bond acceptors (Lipinski definition) is 0. The van der Waals surface area contributed by atoms with Crippen LogP contribution < -0.4 is 0 Å². The second-order valence-corrected chi connectivity index (χ2v) is 4.07. The molecule has 0 amide bonds. The molecule has 0 saturated heterocycles. The molecule has 2 aromatic rings. The van der Waals surface area contributed by atoms with Crippen LogP contribution in [0.3, 0.4) is 0 Å². The van der Waals surface area contributed by atoms with Crippen LogP contribution in [0.25, 0.3) is 11.1 Å². The van der Waals surface area contributed by atoms with Gasteiger partial charge in [0.15, 0.2) is 0 Å². The highest BCUT2D eigenvalue weighted by molar-refractivity contribution is 5.66. The van der Waals surface area contributed by atoms with E-state index in [1.165, 1.54) is 24.3 Å². The van der Waals surface area contributed by atoms with Crippen LogP contribution in [0.4, 0.5) is 17.6 Å². The summed E-state index contributed by atoms with van der Waals surface area (Å²) in [6.07, 6.45) is -4.42. The topological polar surface area (TPSA) is 0 Å². The fraction of sp³-hybridized carbons (Fsp3) is 0.143. The highest BCUT2D eigenvalue weighted by Gasteiger charge is 2.31. The second-order valence-electron chi connectivity index (χ2n) is 4.07. The minimum atomic E-state index is -4.42. The molecule has 0 heterocycles. The van der Waals surface area contributed by atoms with Crippen molar-refractivity contribution >= 4 is 0 Å². The Morgan fingerprint density at radius 1 is 0.944 bits per heavy atom. The summed E-state index contributed by atoms with van der Waals surface area (Å²) in [5.74, 6) is -0.531. The van der Waals surface area contributed by atoms with E-state index in [0.717, 1.165) is 12.1 Å². The van der Waals surface area contributed by atoms with Crippen molar-refractivity contribution in [3.63, 3.8) is 0 Å². The highest BCUT2D eigenvalue weighted by Crippen LogP contribution is 2.33. The number of rotatable bonds is 1. The van der Waals surface area contributed by atoms with E-state index < -0.39 is 17.6 Å². The molecule has 94 valence electrons. The first kappa shape index (κ1) is 12.6. The maximum atomic E-state index is 13.6. The van der Waals surface area contributed by atoms with Gasteiger partial charge in [-0.25, -0.2) is 4.39 Å². The molecule has 0 N–H and O–H groups in total. The Balaban J connectivity index is 2.60. The largest absolute Gasteiger partial charge is 0.416 e. The summed E-state index contributed by atoms with van der Waals surface area (Å²) < 4.78 is 51.6. The van der Waals surface area contributed by atoms with Crippen molar-refractivity contribution in [1.82, 2.24) is 0 Å². The summed E-state index contributed by atoms with van der Waals surface area (Å²) in [5.41, 5.74) is 0.0935. The van der Waals surface area contributed by atoms with Crippen molar-refractivity contribution in [2.45, 2.75) is 13.1 Å². The van der Waals surface area contributed by atoms with Crippen LogP contribution in [0.2, 0.25) is 0 Å². The van der Waals surface area contributed by atoms with E-state index in [4.69, 9.17) is 0 Å². The van der Waals surface area contributed by atoms with Gasteiger partial charge >= 0.3 is 6.18 Å². The normalized spacial score (nSPS) is 11.6. The van der Waals surface area contributed by atoms with Gasteiger partial charge in [-0.2, -0.15) is 13.2 Å². The lowest BCUT2D eigenvalue weighted by Crippen LogP contribution is -2.05. The van der Waals surface area contributed by atoms with Crippen LogP contribution in [0.1, 0.15) is 11.1 Å².